The van der Waals surface area contributed by atoms with E-state index in [0.717, 1.165) is 5.56 Å². The normalized spacial score (nSPS) is 10.8. The third-order valence-electron chi connectivity index (χ3n) is 3.97. The van der Waals surface area contributed by atoms with E-state index in [1.54, 1.807) is 11.8 Å². The number of hydrogen-bond acceptors (Lipinski definition) is 1. The molecule has 0 aromatic heterocycles. The van der Waals surface area contributed by atoms with Gasteiger partial charge < -0.3 is 4.90 Å². The number of nitrogens with zero attached hydrogens (tertiary/aromatic N) is 1. The van der Waals surface area contributed by atoms with Gasteiger partial charge in [-0.25, -0.2) is 0 Å². The summed E-state index contributed by atoms with van der Waals surface area (Å²) in [4.78, 5) is 13.8. The van der Waals surface area contributed by atoms with E-state index in [0.29, 0.717) is 12.1 Å². The molecule has 22 heavy (non-hydrogen) atoms. The van der Waals surface area contributed by atoms with Crippen LogP contribution in [-0.2, 0) is 11.3 Å². The van der Waals surface area contributed by atoms with Crippen LogP contribution in [-0.4, -0.2) is 17.9 Å². The molecule has 0 radical (unpaired) electrons. The number of amides is 1. The van der Waals surface area contributed by atoms with Gasteiger partial charge in [-0.3, -0.25) is 4.79 Å². The monoisotopic (exact) mass is 289 g/mol. The molecule has 0 aliphatic carbocycles. The first-order chi connectivity index (χ1) is 10.6. The Morgan fingerprint density at radius 2 is 1.59 bits per heavy atom. The zero-order valence-electron chi connectivity index (χ0n) is 13.0. The van der Waals surface area contributed by atoms with Crippen molar-refractivity contribution in [3.8, 4) is 0 Å². The van der Waals surface area contributed by atoms with Crippen LogP contribution in [0.15, 0.2) is 66.7 Å². The second kappa shape index (κ2) is 5.64. The predicted molar refractivity (Wildman–Crippen MR) is 92.7 cm³/mol. The summed E-state index contributed by atoms with van der Waals surface area (Å²) >= 11 is 0. The van der Waals surface area contributed by atoms with Crippen molar-refractivity contribution in [2.24, 2.45) is 0 Å². The Morgan fingerprint density at radius 3 is 2.27 bits per heavy atom. The average molecular weight is 289 g/mol. The standard InChI is InChI=1S/C20H19NO/c1-14(2)20(22)21(3)13-16-12-15-8-4-5-9-17(15)19-11-7-6-10-18(16)19/h4-12H,1,13H2,2-3H3. The fourth-order valence-corrected chi connectivity index (χ4v) is 2.92. The van der Waals surface area contributed by atoms with Crippen LogP contribution in [0, 0.1) is 0 Å². The Morgan fingerprint density at radius 1 is 1.00 bits per heavy atom. The van der Waals surface area contributed by atoms with Gasteiger partial charge >= 0.3 is 0 Å². The summed E-state index contributed by atoms with van der Waals surface area (Å²) in [6.07, 6.45) is 0. The molecule has 2 heteroatoms. The highest BCUT2D eigenvalue weighted by atomic mass is 16.2. The third-order valence-corrected chi connectivity index (χ3v) is 3.97. The van der Waals surface area contributed by atoms with Crippen LogP contribution in [0.25, 0.3) is 21.5 Å². The molecule has 3 aromatic rings. The van der Waals surface area contributed by atoms with Gasteiger partial charge in [-0.2, -0.15) is 0 Å². The van der Waals surface area contributed by atoms with Crippen LogP contribution < -0.4 is 0 Å². The number of likely N-dealkylation sites (N-methyl/N-ethyl adjacent to an activating group) is 1. The molecule has 0 bridgehead atoms. The Kier molecular flexibility index (Phi) is 3.68. The lowest BCUT2D eigenvalue weighted by molar-refractivity contribution is -0.126. The van der Waals surface area contributed by atoms with Gasteiger partial charge in [-0.05, 0) is 40.1 Å². The molecule has 0 saturated carbocycles. The Hall–Kier alpha value is -2.61. The zero-order chi connectivity index (χ0) is 15.7. The van der Waals surface area contributed by atoms with Crippen molar-refractivity contribution >= 4 is 27.5 Å². The first-order valence-electron chi connectivity index (χ1n) is 7.38. The number of benzene rings is 3. The molecule has 0 heterocycles. The molecular weight excluding hydrogens is 270 g/mol. The van der Waals surface area contributed by atoms with Crippen molar-refractivity contribution < 1.29 is 4.79 Å². The van der Waals surface area contributed by atoms with Crippen LogP contribution in [0.5, 0.6) is 0 Å². The van der Waals surface area contributed by atoms with Crippen molar-refractivity contribution in [3.63, 3.8) is 0 Å². The number of rotatable bonds is 3. The molecule has 0 unspecified atom stereocenters. The lowest BCUT2D eigenvalue weighted by Gasteiger charge is -2.19. The van der Waals surface area contributed by atoms with Gasteiger partial charge in [0, 0.05) is 19.2 Å². The minimum Gasteiger partial charge on any atom is -0.338 e. The highest BCUT2D eigenvalue weighted by Gasteiger charge is 2.12. The third kappa shape index (κ3) is 2.48. The minimum atomic E-state index is -0.0164. The molecule has 0 saturated heterocycles. The topological polar surface area (TPSA) is 20.3 Å². The fourth-order valence-electron chi connectivity index (χ4n) is 2.92. The summed E-state index contributed by atoms with van der Waals surface area (Å²) < 4.78 is 0. The highest BCUT2D eigenvalue weighted by Crippen LogP contribution is 2.29. The Labute approximate surface area is 130 Å². The van der Waals surface area contributed by atoms with Gasteiger partial charge in [-0.15, -0.1) is 0 Å². The van der Waals surface area contributed by atoms with Crippen LogP contribution in [0.2, 0.25) is 0 Å². The first kappa shape index (κ1) is 14.3. The number of fused-ring (bicyclic) bond motifs is 3. The fraction of sp³-hybridized carbons (Fsp3) is 0.150. The molecule has 0 N–H and O–H groups in total. The van der Waals surface area contributed by atoms with Gasteiger partial charge in [0.1, 0.15) is 0 Å². The molecule has 0 aliphatic rings. The van der Waals surface area contributed by atoms with Crippen LogP contribution in [0.4, 0.5) is 0 Å². The highest BCUT2D eigenvalue weighted by molar-refractivity contribution is 6.09. The smallest absolute Gasteiger partial charge is 0.248 e. The van der Waals surface area contributed by atoms with Crippen LogP contribution in [0.3, 0.4) is 0 Å². The first-order valence-corrected chi connectivity index (χ1v) is 7.38. The van der Waals surface area contributed by atoms with Crippen LogP contribution in [0.1, 0.15) is 12.5 Å². The van der Waals surface area contributed by atoms with E-state index in [4.69, 9.17) is 0 Å². The minimum absolute atomic E-state index is 0.0164. The van der Waals surface area contributed by atoms with E-state index in [-0.39, 0.29) is 5.91 Å². The van der Waals surface area contributed by atoms with E-state index in [2.05, 4.69) is 49.0 Å². The quantitative estimate of drug-likeness (QED) is 0.512. The van der Waals surface area contributed by atoms with Gasteiger partial charge in [0.15, 0.2) is 0 Å². The lowest BCUT2D eigenvalue weighted by atomic mass is 9.97. The van der Waals surface area contributed by atoms with Crippen LogP contribution >= 0.6 is 0 Å². The van der Waals surface area contributed by atoms with Crippen molar-refractivity contribution in [1.29, 1.82) is 0 Å². The number of carbonyl (C=O) groups is 1. The summed E-state index contributed by atoms with van der Waals surface area (Å²) in [5.41, 5.74) is 1.72. The molecule has 0 aliphatic heterocycles. The maximum absolute atomic E-state index is 12.1. The van der Waals surface area contributed by atoms with Gasteiger partial charge in [0.05, 0.1) is 0 Å². The molecule has 0 fully saturated rings. The lowest BCUT2D eigenvalue weighted by Crippen LogP contribution is -2.26. The summed E-state index contributed by atoms with van der Waals surface area (Å²) in [5.74, 6) is -0.0164. The second-order valence-corrected chi connectivity index (χ2v) is 5.74. The molecule has 3 rings (SSSR count). The molecule has 2 nitrogen and oxygen atoms in total. The van der Waals surface area contributed by atoms with Gasteiger partial charge in [0.2, 0.25) is 5.91 Å². The van der Waals surface area contributed by atoms with Gasteiger partial charge in [0.25, 0.3) is 0 Å². The largest absolute Gasteiger partial charge is 0.338 e. The molecule has 1 amide bonds. The van der Waals surface area contributed by atoms with E-state index >= 15 is 0 Å². The van der Waals surface area contributed by atoms with Crippen molar-refractivity contribution in [2.75, 3.05) is 7.05 Å². The van der Waals surface area contributed by atoms with E-state index in [9.17, 15) is 4.79 Å². The number of hydrogen-bond donors (Lipinski definition) is 0. The average Bonchev–Trinajstić information content (AvgIpc) is 2.54. The molecule has 0 atom stereocenters. The Bertz CT molecular complexity index is 879. The summed E-state index contributed by atoms with van der Waals surface area (Å²) in [6, 6.07) is 18.9. The zero-order valence-corrected chi connectivity index (χ0v) is 13.0. The van der Waals surface area contributed by atoms with Crippen molar-refractivity contribution in [2.45, 2.75) is 13.5 Å². The van der Waals surface area contributed by atoms with Crippen molar-refractivity contribution in [1.82, 2.24) is 4.90 Å². The number of carbonyl (C=O) groups excluding carboxylic acids is 1. The molecule has 110 valence electrons. The van der Waals surface area contributed by atoms with E-state index in [1.807, 2.05) is 19.2 Å². The summed E-state index contributed by atoms with van der Waals surface area (Å²) in [5, 5.41) is 4.87. The maximum Gasteiger partial charge on any atom is 0.248 e. The summed E-state index contributed by atoms with van der Waals surface area (Å²) in [6.45, 7) is 6.07. The van der Waals surface area contributed by atoms with Crippen molar-refractivity contribution in [3.05, 3.63) is 72.3 Å². The molecular formula is C20H19NO. The molecule has 3 aromatic carbocycles. The Balaban J connectivity index is 2.15. The predicted octanol–water partition coefficient (Wildman–Crippen LogP) is 4.53. The van der Waals surface area contributed by atoms with E-state index < -0.39 is 0 Å². The molecule has 0 spiro atoms. The maximum atomic E-state index is 12.1. The summed E-state index contributed by atoms with van der Waals surface area (Å²) in [7, 11) is 1.82. The SMILES string of the molecule is C=C(C)C(=O)N(C)Cc1cc2ccccc2c2ccccc12. The second-order valence-electron chi connectivity index (χ2n) is 5.74. The van der Waals surface area contributed by atoms with E-state index in [1.165, 1.54) is 21.5 Å². The van der Waals surface area contributed by atoms with Gasteiger partial charge in [-0.1, -0.05) is 55.1 Å².